The van der Waals surface area contributed by atoms with Crippen molar-refractivity contribution in [1.82, 2.24) is 76.2 Å². The molecule has 0 bridgehead atoms. The number of hydrogen-bond acceptors (Lipinski definition) is 12. The molecule has 10 aromatic carbocycles. The molecule has 18 heterocycles. The van der Waals surface area contributed by atoms with Crippen molar-refractivity contribution in [2.75, 3.05) is 0 Å². The Morgan fingerprint density at radius 3 is 1.12 bits per heavy atom. The van der Waals surface area contributed by atoms with E-state index in [-0.39, 0.29) is 210 Å². The topological polar surface area (TPSA) is 155 Å². The third-order valence-corrected chi connectivity index (χ3v) is 23.3. The minimum atomic E-state index is 0. The summed E-state index contributed by atoms with van der Waals surface area (Å²) in [4.78, 5) is 47.5. The van der Waals surface area contributed by atoms with Crippen LogP contribution in [0.15, 0.2) is 328 Å². The van der Waals surface area contributed by atoms with E-state index in [4.69, 9.17) is 19.9 Å². The molecule has 0 aliphatic carbocycles. The summed E-state index contributed by atoms with van der Waals surface area (Å²) in [6, 6.07) is 104. The SMILES string of the molecule is [CH3-].[CH3-].[CH3-].[CH3-].[CH3-].[CH3-].[CH3-].[CH3-].[CH3-].[CH3-].[CH3-].[CH3-].[Ir+3].[Ir+3].[Ir+3].[Ir+3].[Ir+3].[Ir+3].[c-]1cccc2c1c1nc3ccccc3n1c1ccncc21.[c-]1cccc2c1c1nc3ccccc3n1c1cnccc21.[c-]1cccc2c1c1nc3ccsc3n1c1ccccc21.[c-]1cccc2c1c1nc3sccc3n1c1ccccc21.[c-]1cccc2c1c1nccn1c1cnccc21.[c-]1ccnc2c1c1nccn1c1ccccc21. The molecule has 0 atom stereocenters. The van der Waals surface area contributed by atoms with Crippen LogP contribution in [0.3, 0.4) is 0 Å². The van der Waals surface area contributed by atoms with Gasteiger partial charge in [-0.3, -0.25) is 44.9 Å². The number of hydrogen-bond donors (Lipinski definition) is 0. The van der Waals surface area contributed by atoms with E-state index >= 15 is 0 Å². The molecule has 18 aromatic heterocycles. The van der Waals surface area contributed by atoms with Gasteiger partial charge in [0.05, 0.1) is 78.0 Å². The van der Waals surface area contributed by atoms with Gasteiger partial charge >= 0.3 is 121 Å². The third-order valence-electron chi connectivity index (χ3n) is 21.6. The molecule has 0 fully saturated rings. The average Bonchev–Trinajstić information content (AvgIpc) is 1.41. The van der Waals surface area contributed by atoms with Crippen molar-refractivity contribution in [3.63, 3.8) is 0 Å². The summed E-state index contributed by atoms with van der Waals surface area (Å²) in [5.41, 5.74) is 20.0. The number of aromatic nitrogens is 16. The van der Waals surface area contributed by atoms with Crippen LogP contribution in [-0.2, 0) is 121 Å². The van der Waals surface area contributed by atoms with E-state index < -0.39 is 0 Å². The monoisotopic (exact) mass is 2860 g/mol. The molecule has 0 unspecified atom stereocenters. The molecule has 0 saturated carbocycles. The molecule has 0 amide bonds. The van der Waals surface area contributed by atoms with Crippen molar-refractivity contribution in [2.24, 2.45) is 0 Å². The molecule has 28 aromatic rings. The first kappa shape index (κ1) is 113. The predicted molar refractivity (Wildman–Crippen MR) is 548 cm³/mol. The fourth-order valence-electron chi connectivity index (χ4n) is 16.7. The van der Waals surface area contributed by atoms with Crippen molar-refractivity contribution in [2.45, 2.75) is 0 Å². The maximum absolute atomic E-state index is 4.80. The molecule has 0 spiro atoms. The van der Waals surface area contributed by atoms with Crippen LogP contribution in [0.2, 0.25) is 0 Å². The molecule has 28 rings (SSSR count). The van der Waals surface area contributed by atoms with E-state index in [1.54, 1.807) is 28.9 Å². The number of fused-ring (bicyclic) bond motifs is 44. The number of nitrogens with zero attached hydrogens (tertiary/aromatic N) is 16. The van der Waals surface area contributed by atoms with Gasteiger partial charge in [-0.25, -0.2) is 0 Å². The molecule has 0 aliphatic rings. The Hall–Kier alpha value is -11.6. The van der Waals surface area contributed by atoms with Crippen LogP contribution >= 0.6 is 22.7 Å². The van der Waals surface area contributed by atoms with Crippen LogP contribution in [0.25, 0.3) is 207 Å². The predicted octanol–water partition coefficient (Wildman–Crippen LogP) is 28.3. The van der Waals surface area contributed by atoms with Gasteiger partial charge in [-0.2, -0.15) is 0 Å². The zero-order valence-corrected chi connectivity index (χ0v) is 91.2. The van der Waals surface area contributed by atoms with Gasteiger partial charge in [-0.15, -0.1) is 183 Å². The van der Waals surface area contributed by atoms with Crippen LogP contribution in [0.1, 0.15) is 0 Å². The summed E-state index contributed by atoms with van der Waals surface area (Å²) >= 11 is 3.42. The van der Waals surface area contributed by atoms with Gasteiger partial charge < -0.3 is 121 Å². The Morgan fingerprint density at radius 1 is 0.224 bits per heavy atom. The summed E-state index contributed by atoms with van der Waals surface area (Å²) in [5, 5.41) is 23.5. The van der Waals surface area contributed by atoms with Crippen molar-refractivity contribution in [3.05, 3.63) is 453 Å². The van der Waals surface area contributed by atoms with Gasteiger partial charge in [0.1, 0.15) is 9.66 Å². The molecular weight excluding hydrogens is 2760 g/mol. The van der Waals surface area contributed by atoms with Crippen molar-refractivity contribution >= 4 is 230 Å². The Labute approximate surface area is 870 Å². The molecule has 676 valence electrons. The van der Waals surface area contributed by atoms with E-state index in [2.05, 4.69) is 225 Å². The summed E-state index contributed by atoms with van der Waals surface area (Å²) in [7, 11) is 0. The first-order valence-corrected chi connectivity index (χ1v) is 39.4. The maximum atomic E-state index is 4.80. The van der Waals surface area contributed by atoms with Crippen LogP contribution < -0.4 is 0 Å². The van der Waals surface area contributed by atoms with E-state index in [1.807, 2.05) is 189 Å². The molecule has 0 saturated heterocycles. The summed E-state index contributed by atoms with van der Waals surface area (Å²) < 4.78 is 13.0. The minimum absolute atomic E-state index is 0. The molecule has 16 nitrogen and oxygen atoms in total. The van der Waals surface area contributed by atoms with Gasteiger partial charge in [-0.05, 0) is 121 Å². The van der Waals surface area contributed by atoms with E-state index in [1.165, 1.54) is 59.1 Å². The summed E-state index contributed by atoms with van der Waals surface area (Å²) in [6.07, 6.45) is 20.5. The zero-order valence-electron chi connectivity index (χ0n) is 75.1. The fraction of sp³-hybridized carbons (Fsp3) is 0. The Bertz CT molecular complexity index is 8120. The van der Waals surface area contributed by atoms with Gasteiger partial charge in [0.15, 0.2) is 0 Å². The second-order valence-corrected chi connectivity index (χ2v) is 29.7. The van der Waals surface area contributed by atoms with Crippen LogP contribution in [0, 0.1) is 126 Å². The molecule has 0 N–H and O–H groups in total. The second kappa shape index (κ2) is 47.5. The van der Waals surface area contributed by atoms with E-state index in [9.17, 15) is 0 Å². The molecule has 24 heteroatoms. The quantitative estimate of drug-likeness (QED) is 0.106. The molecule has 134 heavy (non-hydrogen) atoms. The molecule has 0 radical (unpaired) electrons. The smallest absolute Gasteiger partial charge is 0.358 e. The van der Waals surface area contributed by atoms with Crippen LogP contribution in [-0.4, -0.2) is 76.2 Å². The van der Waals surface area contributed by atoms with E-state index in [0.717, 1.165) is 148 Å². The number of pyridine rings is 10. The van der Waals surface area contributed by atoms with Crippen LogP contribution in [0.4, 0.5) is 0 Å². The number of benzene rings is 10. The van der Waals surface area contributed by atoms with E-state index in [0.29, 0.717) is 0 Å². The standard InChI is InChI=1S/2C18H10N3.2C17H9N2S.2C14H8N3.12CH3.6Ir/c1-2-6-14-12(5-1)13-9-10-19-11-17(13)21-16-8-4-3-7-15(16)20-18(14)21;1-2-6-13-12(5-1)14-11-19-10-9-16(14)21-17-8-4-3-7-15(17)20-18(13)21;1-2-7-13-11(5-1)12-6-3-4-8-15(12)19-16(13)18-14-9-10-20-17(14)19;1-2-7-13-11(5-1)12-6-3-4-8-14(12)19-15-9-10-20-17(15)18-16(13)19;1-2-6-12-10(4-1)13-11(5-3-7-15-13)14-16-8-9-17(12)14;1-2-4-12-10(3-1)11-5-6-15-9-13(11)17-8-7-16-14(12)17;;;;;;;;;;;;;;;;;;/h2*1-5,7-11H;2*1-6,8-10H;1-4,6-9H;1-3,5-9H;12*1H3;;;;;;/q18*-1;6*+3. The van der Waals surface area contributed by atoms with Crippen LogP contribution in [0.5, 0.6) is 0 Å². The Balaban J connectivity index is 0.000000277. The fourth-order valence-corrected chi connectivity index (χ4v) is 18.3. The average molecular weight is 2850 g/mol. The summed E-state index contributed by atoms with van der Waals surface area (Å²) in [5.74, 6) is 0. The summed E-state index contributed by atoms with van der Waals surface area (Å²) in [6.45, 7) is 0. The number of thiophene rings is 2. The largest absolute Gasteiger partial charge is 3.00 e. The van der Waals surface area contributed by atoms with Gasteiger partial charge in [-0.1, -0.05) is 117 Å². The van der Waals surface area contributed by atoms with Gasteiger partial charge in [0.25, 0.3) is 0 Å². The number of imidazole rings is 6. The minimum Gasteiger partial charge on any atom is -0.358 e. The van der Waals surface area contributed by atoms with Gasteiger partial charge in [0, 0.05) is 84.0 Å². The number of rotatable bonds is 0. The second-order valence-electron chi connectivity index (χ2n) is 27.9. The third kappa shape index (κ3) is 18.8. The maximum Gasteiger partial charge on any atom is 3.00 e. The Kier molecular flexibility index (Phi) is 40.1. The molecular formula is C110H90Ir6N16S2. The Morgan fingerprint density at radius 2 is 0.582 bits per heavy atom. The first-order chi connectivity index (χ1) is 57.6. The number of para-hydroxylation sites is 7. The zero-order chi connectivity index (χ0) is 76.3. The van der Waals surface area contributed by atoms with Crippen molar-refractivity contribution < 1.29 is 121 Å². The first-order valence-electron chi connectivity index (χ1n) is 37.6. The molecule has 0 aliphatic heterocycles. The van der Waals surface area contributed by atoms with Gasteiger partial charge in [0.2, 0.25) is 0 Å². The van der Waals surface area contributed by atoms with Crippen molar-refractivity contribution in [1.29, 1.82) is 0 Å². The van der Waals surface area contributed by atoms with Crippen molar-refractivity contribution in [3.8, 4) is 0 Å². The normalized spacial score (nSPS) is 10.2.